The molecule has 0 radical (unpaired) electrons. The van der Waals surface area contributed by atoms with E-state index in [4.69, 9.17) is 0 Å². The minimum atomic E-state index is 0.751. The van der Waals surface area contributed by atoms with Crippen molar-refractivity contribution in [3.05, 3.63) is 22.4 Å². The fraction of sp³-hybridized carbons (Fsp3) is 0.765. The van der Waals surface area contributed by atoms with Crippen molar-refractivity contribution in [1.29, 1.82) is 0 Å². The maximum absolute atomic E-state index is 3.84. The Bertz CT molecular complexity index is 370. The molecule has 1 N–H and O–H groups in total. The zero-order valence-electron chi connectivity index (χ0n) is 12.5. The van der Waals surface area contributed by atoms with Gasteiger partial charge in [-0.25, -0.2) is 0 Å². The van der Waals surface area contributed by atoms with Gasteiger partial charge in [0.05, 0.1) is 0 Å². The van der Waals surface area contributed by atoms with E-state index in [2.05, 4.69) is 27.7 Å². The molecule has 1 aliphatic heterocycles. The third-order valence-electron chi connectivity index (χ3n) is 4.99. The summed E-state index contributed by atoms with van der Waals surface area (Å²) in [7, 11) is 0. The second-order valence-electron chi connectivity index (χ2n) is 6.44. The maximum atomic E-state index is 3.84. The molecule has 1 saturated carbocycles. The summed E-state index contributed by atoms with van der Waals surface area (Å²) in [6, 6.07) is 5.20. The van der Waals surface area contributed by atoms with Crippen molar-refractivity contribution < 1.29 is 0 Å². The molecule has 2 fully saturated rings. The summed E-state index contributed by atoms with van der Waals surface area (Å²) in [5, 5.41) is 6.03. The van der Waals surface area contributed by atoms with Crippen LogP contribution < -0.4 is 5.32 Å². The van der Waals surface area contributed by atoms with Crippen LogP contribution in [0.25, 0.3) is 0 Å². The lowest BCUT2D eigenvalue weighted by atomic mass is 9.83. The number of nitrogens with zero attached hydrogens (tertiary/aromatic N) is 1. The van der Waals surface area contributed by atoms with Gasteiger partial charge in [-0.05, 0) is 56.1 Å². The van der Waals surface area contributed by atoms with Gasteiger partial charge in [-0.2, -0.15) is 0 Å². The summed E-state index contributed by atoms with van der Waals surface area (Å²) in [6.45, 7) is 5.01. The van der Waals surface area contributed by atoms with E-state index in [1.807, 2.05) is 11.3 Å². The monoisotopic (exact) mass is 292 g/mol. The zero-order chi connectivity index (χ0) is 13.6. The van der Waals surface area contributed by atoms with Gasteiger partial charge in [0.15, 0.2) is 0 Å². The fourth-order valence-electron chi connectivity index (χ4n) is 3.80. The van der Waals surface area contributed by atoms with Gasteiger partial charge in [-0.15, -0.1) is 11.3 Å². The van der Waals surface area contributed by atoms with Gasteiger partial charge in [0.2, 0.25) is 0 Å². The Morgan fingerprint density at radius 2 is 2.10 bits per heavy atom. The van der Waals surface area contributed by atoms with E-state index in [1.54, 1.807) is 0 Å². The molecule has 1 atom stereocenters. The molecule has 2 heterocycles. The number of hydrogen-bond donors (Lipinski definition) is 1. The quantitative estimate of drug-likeness (QED) is 0.913. The van der Waals surface area contributed by atoms with Crippen LogP contribution in [-0.2, 0) is 6.42 Å². The van der Waals surface area contributed by atoms with Gasteiger partial charge >= 0.3 is 0 Å². The smallest absolute Gasteiger partial charge is 0.0223 e. The SMILES string of the molecule is c1csc(CCN2CCCNC(C3CCCCC3)C2)c1. The predicted molar refractivity (Wildman–Crippen MR) is 87.4 cm³/mol. The number of nitrogens with one attached hydrogen (secondary N) is 1. The first-order chi connectivity index (χ1) is 9.92. The number of rotatable bonds is 4. The Morgan fingerprint density at radius 3 is 2.90 bits per heavy atom. The third kappa shape index (κ3) is 4.06. The molecule has 112 valence electrons. The van der Waals surface area contributed by atoms with E-state index >= 15 is 0 Å². The van der Waals surface area contributed by atoms with E-state index in [0.29, 0.717) is 0 Å². The third-order valence-corrected chi connectivity index (χ3v) is 5.92. The number of thiophene rings is 1. The minimum absolute atomic E-state index is 0.751. The molecule has 1 aromatic rings. The van der Waals surface area contributed by atoms with Gasteiger partial charge in [-0.3, -0.25) is 0 Å². The molecule has 0 bridgehead atoms. The highest BCUT2D eigenvalue weighted by Crippen LogP contribution is 2.27. The fourth-order valence-corrected chi connectivity index (χ4v) is 4.50. The molecule has 0 amide bonds. The maximum Gasteiger partial charge on any atom is 0.0223 e. The molecule has 20 heavy (non-hydrogen) atoms. The highest BCUT2D eigenvalue weighted by molar-refractivity contribution is 7.09. The van der Waals surface area contributed by atoms with Gasteiger partial charge in [0.1, 0.15) is 0 Å². The van der Waals surface area contributed by atoms with Crippen LogP contribution in [0.3, 0.4) is 0 Å². The van der Waals surface area contributed by atoms with Crippen LogP contribution >= 0.6 is 11.3 Å². The normalized spacial score (nSPS) is 26.5. The molecule has 1 aromatic heterocycles. The van der Waals surface area contributed by atoms with E-state index in [-0.39, 0.29) is 0 Å². The molecule has 3 rings (SSSR count). The Hall–Kier alpha value is -0.380. The van der Waals surface area contributed by atoms with Crippen molar-refractivity contribution in [2.45, 2.75) is 51.0 Å². The van der Waals surface area contributed by atoms with Crippen LogP contribution in [0.1, 0.15) is 43.4 Å². The average Bonchev–Trinajstić information content (AvgIpc) is 2.90. The topological polar surface area (TPSA) is 15.3 Å². The van der Waals surface area contributed by atoms with Gasteiger partial charge < -0.3 is 10.2 Å². The molecule has 0 aromatic carbocycles. The summed E-state index contributed by atoms with van der Waals surface area (Å²) in [5.74, 6) is 0.936. The lowest BCUT2D eigenvalue weighted by Gasteiger charge is -2.32. The van der Waals surface area contributed by atoms with E-state index in [0.717, 1.165) is 12.0 Å². The minimum Gasteiger partial charge on any atom is -0.312 e. The Balaban J connectivity index is 1.51. The Morgan fingerprint density at radius 1 is 1.20 bits per heavy atom. The summed E-state index contributed by atoms with van der Waals surface area (Å²) in [4.78, 5) is 4.25. The molecule has 0 spiro atoms. The Labute approximate surface area is 127 Å². The van der Waals surface area contributed by atoms with E-state index in [9.17, 15) is 0 Å². The molecule has 3 heteroatoms. The molecule has 2 nitrogen and oxygen atoms in total. The van der Waals surface area contributed by atoms with Crippen LogP contribution in [0.15, 0.2) is 17.5 Å². The first kappa shape index (κ1) is 14.6. The standard InChI is InChI=1S/C17H28N2S/c1-2-6-15(7-3-1)17-14-19(11-5-10-18-17)12-9-16-8-4-13-20-16/h4,8,13,15,17-18H,1-3,5-7,9-12,14H2. The predicted octanol–water partition coefficient (Wildman–Crippen LogP) is 3.53. The first-order valence-electron chi connectivity index (χ1n) is 8.40. The number of hydrogen-bond acceptors (Lipinski definition) is 3. The van der Waals surface area contributed by atoms with E-state index in [1.165, 1.54) is 76.0 Å². The van der Waals surface area contributed by atoms with Crippen LogP contribution in [0.2, 0.25) is 0 Å². The van der Waals surface area contributed by atoms with Crippen LogP contribution in [0.5, 0.6) is 0 Å². The average molecular weight is 292 g/mol. The first-order valence-corrected chi connectivity index (χ1v) is 9.28. The highest BCUT2D eigenvalue weighted by atomic mass is 32.1. The van der Waals surface area contributed by atoms with Crippen molar-refractivity contribution in [2.24, 2.45) is 5.92 Å². The summed E-state index contributed by atoms with van der Waals surface area (Å²) >= 11 is 1.90. The summed E-state index contributed by atoms with van der Waals surface area (Å²) < 4.78 is 0. The second kappa shape index (κ2) is 7.58. The molecular weight excluding hydrogens is 264 g/mol. The summed E-state index contributed by atoms with van der Waals surface area (Å²) in [5.41, 5.74) is 0. The van der Waals surface area contributed by atoms with Crippen molar-refractivity contribution in [1.82, 2.24) is 10.2 Å². The molecule has 1 aliphatic carbocycles. The van der Waals surface area contributed by atoms with Crippen molar-refractivity contribution in [3.63, 3.8) is 0 Å². The van der Waals surface area contributed by atoms with Crippen LogP contribution in [-0.4, -0.2) is 37.1 Å². The van der Waals surface area contributed by atoms with E-state index < -0.39 is 0 Å². The van der Waals surface area contributed by atoms with Crippen LogP contribution in [0.4, 0.5) is 0 Å². The largest absolute Gasteiger partial charge is 0.312 e. The highest BCUT2D eigenvalue weighted by Gasteiger charge is 2.26. The second-order valence-corrected chi connectivity index (χ2v) is 7.47. The molecule has 1 saturated heterocycles. The lowest BCUT2D eigenvalue weighted by Crippen LogP contribution is -2.44. The molecule has 1 unspecified atom stereocenters. The van der Waals surface area contributed by atoms with Crippen LogP contribution in [0, 0.1) is 5.92 Å². The molecule has 2 aliphatic rings. The van der Waals surface area contributed by atoms with Gasteiger partial charge in [0.25, 0.3) is 0 Å². The van der Waals surface area contributed by atoms with Gasteiger partial charge in [0, 0.05) is 24.0 Å². The van der Waals surface area contributed by atoms with Crippen molar-refractivity contribution in [3.8, 4) is 0 Å². The zero-order valence-corrected chi connectivity index (χ0v) is 13.3. The summed E-state index contributed by atoms with van der Waals surface area (Å²) in [6.07, 6.45) is 9.83. The van der Waals surface area contributed by atoms with Crippen molar-refractivity contribution >= 4 is 11.3 Å². The van der Waals surface area contributed by atoms with Gasteiger partial charge in [-0.1, -0.05) is 25.3 Å². The molecular formula is C17H28N2S. The Kier molecular flexibility index (Phi) is 5.51. The lowest BCUT2D eigenvalue weighted by molar-refractivity contribution is 0.208. The van der Waals surface area contributed by atoms with Crippen molar-refractivity contribution in [2.75, 3.05) is 26.2 Å².